The third-order valence-electron chi connectivity index (χ3n) is 4.43. The van der Waals surface area contributed by atoms with E-state index >= 15 is 0 Å². The number of halogens is 2. The standard InChI is InChI=1S/C24H28Br2O6/c1-17-7-9-21(19(25)13-17)31-15-23(27)29-11-5-3-4-6-12-30-24(28)16-32-22-10-8-18(2)14-20(22)26/h7-10,13-14H,3-6,11-12,15-16H2,1-2H3. The number of carbonyl (C=O) groups excluding carboxylic acids is 2. The minimum atomic E-state index is -0.397. The van der Waals surface area contributed by atoms with Gasteiger partial charge in [-0.1, -0.05) is 12.1 Å². The molecule has 174 valence electrons. The van der Waals surface area contributed by atoms with Crippen LogP contribution in [0.25, 0.3) is 0 Å². The molecule has 2 rings (SSSR count). The molecule has 0 saturated heterocycles. The van der Waals surface area contributed by atoms with Crippen LogP contribution in [0.2, 0.25) is 0 Å². The molecule has 0 aliphatic rings. The number of carbonyl (C=O) groups is 2. The molecule has 0 amide bonds. The molecule has 0 saturated carbocycles. The lowest BCUT2D eigenvalue weighted by Crippen LogP contribution is -2.16. The Bertz CT molecular complexity index is 827. The fourth-order valence-corrected chi connectivity index (χ4v) is 3.95. The molecule has 0 aliphatic carbocycles. The zero-order chi connectivity index (χ0) is 23.3. The van der Waals surface area contributed by atoms with E-state index in [9.17, 15) is 9.59 Å². The fraction of sp³-hybridized carbons (Fsp3) is 0.417. The van der Waals surface area contributed by atoms with Crippen LogP contribution in [0.4, 0.5) is 0 Å². The molecular weight excluding hydrogens is 544 g/mol. The van der Waals surface area contributed by atoms with Crippen molar-refractivity contribution in [2.45, 2.75) is 39.5 Å². The van der Waals surface area contributed by atoms with E-state index in [0.717, 1.165) is 45.8 Å². The molecule has 0 atom stereocenters. The number of aryl methyl sites for hydroxylation is 2. The highest BCUT2D eigenvalue weighted by atomic mass is 79.9. The Morgan fingerprint density at radius 1 is 0.688 bits per heavy atom. The summed E-state index contributed by atoms with van der Waals surface area (Å²) in [5.74, 6) is 0.427. The van der Waals surface area contributed by atoms with Gasteiger partial charge in [0.15, 0.2) is 13.2 Å². The van der Waals surface area contributed by atoms with Gasteiger partial charge in [0.05, 0.1) is 22.2 Å². The van der Waals surface area contributed by atoms with Gasteiger partial charge in [-0.05, 0) is 107 Å². The first kappa shape index (κ1) is 26.2. The Kier molecular flexibility index (Phi) is 11.6. The van der Waals surface area contributed by atoms with Gasteiger partial charge in [-0.2, -0.15) is 0 Å². The van der Waals surface area contributed by atoms with Crippen LogP contribution in [0, 0.1) is 13.8 Å². The second kappa shape index (κ2) is 14.2. The van der Waals surface area contributed by atoms with Crippen molar-refractivity contribution < 1.29 is 28.5 Å². The van der Waals surface area contributed by atoms with Crippen molar-refractivity contribution in [2.75, 3.05) is 26.4 Å². The van der Waals surface area contributed by atoms with Crippen molar-refractivity contribution in [1.29, 1.82) is 0 Å². The van der Waals surface area contributed by atoms with E-state index in [1.807, 2.05) is 50.2 Å². The van der Waals surface area contributed by atoms with E-state index in [2.05, 4.69) is 31.9 Å². The lowest BCUT2D eigenvalue weighted by atomic mass is 10.2. The second-order valence-electron chi connectivity index (χ2n) is 7.30. The first-order valence-corrected chi connectivity index (χ1v) is 12.0. The number of rotatable bonds is 13. The minimum absolute atomic E-state index is 0.126. The predicted molar refractivity (Wildman–Crippen MR) is 129 cm³/mol. The van der Waals surface area contributed by atoms with Crippen molar-refractivity contribution in [1.82, 2.24) is 0 Å². The molecule has 0 aliphatic heterocycles. The molecule has 0 unspecified atom stereocenters. The number of unbranched alkanes of at least 4 members (excludes halogenated alkanes) is 3. The molecule has 0 N–H and O–H groups in total. The highest BCUT2D eigenvalue weighted by Crippen LogP contribution is 2.26. The summed E-state index contributed by atoms with van der Waals surface area (Å²) >= 11 is 6.81. The molecule has 0 spiro atoms. The SMILES string of the molecule is Cc1ccc(OCC(=O)OCCCCCCOC(=O)COc2ccc(C)cc2Br)c(Br)c1. The van der Waals surface area contributed by atoms with Crippen LogP contribution >= 0.6 is 31.9 Å². The fourth-order valence-electron chi connectivity index (χ4n) is 2.73. The van der Waals surface area contributed by atoms with Crippen LogP contribution in [-0.4, -0.2) is 38.4 Å². The van der Waals surface area contributed by atoms with Gasteiger partial charge >= 0.3 is 11.9 Å². The number of ether oxygens (including phenoxy) is 4. The summed E-state index contributed by atoms with van der Waals surface area (Å²) in [7, 11) is 0. The second-order valence-corrected chi connectivity index (χ2v) is 9.01. The number of esters is 2. The highest BCUT2D eigenvalue weighted by molar-refractivity contribution is 9.10. The number of benzene rings is 2. The molecular formula is C24H28Br2O6. The van der Waals surface area contributed by atoms with E-state index < -0.39 is 11.9 Å². The monoisotopic (exact) mass is 570 g/mol. The smallest absolute Gasteiger partial charge is 0.344 e. The minimum Gasteiger partial charge on any atom is -0.481 e. The van der Waals surface area contributed by atoms with Crippen molar-refractivity contribution in [3.63, 3.8) is 0 Å². The normalized spacial score (nSPS) is 10.5. The van der Waals surface area contributed by atoms with E-state index in [1.54, 1.807) is 0 Å². The average Bonchev–Trinajstić information content (AvgIpc) is 2.74. The lowest BCUT2D eigenvalue weighted by molar-refractivity contribution is -0.147. The Morgan fingerprint density at radius 2 is 1.09 bits per heavy atom. The lowest BCUT2D eigenvalue weighted by Gasteiger charge is -2.09. The summed E-state index contributed by atoms with van der Waals surface area (Å²) in [5, 5.41) is 0. The summed E-state index contributed by atoms with van der Waals surface area (Å²) < 4.78 is 22.9. The maximum absolute atomic E-state index is 11.8. The van der Waals surface area contributed by atoms with Gasteiger partial charge < -0.3 is 18.9 Å². The van der Waals surface area contributed by atoms with Crippen molar-refractivity contribution in [3.05, 3.63) is 56.5 Å². The maximum Gasteiger partial charge on any atom is 0.344 e. The molecule has 0 bridgehead atoms. The van der Waals surface area contributed by atoms with E-state index in [1.165, 1.54) is 0 Å². The molecule has 0 radical (unpaired) electrons. The van der Waals surface area contributed by atoms with Gasteiger partial charge in [0.2, 0.25) is 0 Å². The molecule has 0 fully saturated rings. The van der Waals surface area contributed by atoms with Gasteiger partial charge in [-0.3, -0.25) is 0 Å². The van der Waals surface area contributed by atoms with Gasteiger partial charge in [0.25, 0.3) is 0 Å². The summed E-state index contributed by atoms with van der Waals surface area (Å²) in [6.45, 7) is 4.39. The largest absolute Gasteiger partial charge is 0.481 e. The van der Waals surface area contributed by atoms with Crippen molar-refractivity contribution in [3.8, 4) is 11.5 Å². The molecule has 6 nitrogen and oxygen atoms in total. The summed E-state index contributed by atoms with van der Waals surface area (Å²) in [6, 6.07) is 11.3. The summed E-state index contributed by atoms with van der Waals surface area (Å²) in [6.07, 6.45) is 3.25. The van der Waals surface area contributed by atoms with E-state index in [-0.39, 0.29) is 13.2 Å². The molecule has 32 heavy (non-hydrogen) atoms. The zero-order valence-corrected chi connectivity index (χ0v) is 21.5. The quantitative estimate of drug-likeness (QED) is 0.219. The Labute approximate surface area is 205 Å². The average molecular weight is 572 g/mol. The summed E-state index contributed by atoms with van der Waals surface area (Å²) in [4.78, 5) is 23.5. The molecule has 8 heteroatoms. The predicted octanol–water partition coefficient (Wildman–Crippen LogP) is 5.93. The Morgan fingerprint density at radius 3 is 1.47 bits per heavy atom. The van der Waals surface area contributed by atoms with E-state index in [0.29, 0.717) is 24.7 Å². The van der Waals surface area contributed by atoms with Crippen molar-refractivity contribution in [2.24, 2.45) is 0 Å². The summed E-state index contributed by atoms with van der Waals surface area (Å²) in [5.41, 5.74) is 2.20. The third-order valence-corrected chi connectivity index (χ3v) is 5.67. The number of hydrogen-bond donors (Lipinski definition) is 0. The van der Waals surface area contributed by atoms with Gasteiger partial charge in [0.1, 0.15) is 11.5 Å². The van der Waals surface area contributed by atoms with Crippen LogP contribution in [0.3, 0.4) is 0 Å². The molecule has 2 aromatic carbocycles. The molecule has 2 aromatic rings. The molecule has 0 aromatic heterocycles. The Balaban J connectivity index is 1.46. The maximum atomic E-state index is 11.8. The van der Waals surface area contributed by atoms with Crippen LogP contribution < -0.4 is 9.47 Å². The van der Waals surface area contributed by atoms with Crippen molar-refractivity contribution >= 4 is 43.8 Å². The van der Waals surface area contributed by atoms with Gasteiger partial charge in [-0.25, -0.2) is 9.59 Å². The van der Waals surface area contributed by atoms with Gasteiger partial charge in [0, 0.05) is 0 Å². The number of hydrogen-bond acceptors (Lipinski definition) is 6. The highest BCUT2D eigenvalue weighted by Gasteiger charge is 2.08. The Hall–Kier alpha value is -2.06. The van der Waals surface area contributed by atoms with Crippen LogP contribution in [0.15, 0.2) is 45.3 Å². The van der Waals surface area contributed by atoms with Crippen LogP contribution in [0.1, 0.15) is 36.8 Å². The third kappa shape index (κ3) is 10.0. The van der Waals surface area contributed by atoms with Crippen LogP contribution in [-0.2, 0) is 19.1 Å². The zero-order valence-electron chi connectivity index (χ0n) is 18.3. The molecule has 0 heterocycles. The van der Waals surface area contributed by atoms with Crippen LogP contribution in [0.5, 0.6) is 11.5 Å². The topological polar surface area (TPSA) is 71.1 Å². The van der Waals surface area contributed by atoms with E-state index in [4.69, 9.17) is 18.9 Å². The first-order valence-electron chi connectivity index (χ1n) is 10.4. The van der Waals surface area contributed by atoms with Gasteiger partial charge in [-0.15, -0.1) is 0 Å². The first-order chi connectivity index (χ1) is 15.3.